The van der Waals surface area contributed by atoms with Crippen LogP contribution in [0.2, 0.25) is 0 Å². The molecule has 8 heteroatoms. The number of carbonyl (C=O) groups is 1. The highest BCUT2D eigenvalue weighted by Crippen LogP contribution is 2.23. The second-order valence-electron chi connectivity index (χ2n) is 8.01. The van der Waals surface area contributed by atoms with E-state index in [0.717, 1.165) is 43.7 Å². The summed E-state index contributed by atoms with van der Waals surface area (Å²) >= 11 is 0. The quantitative estimate of drug-likeness (QED) is 0.864. The number of anilines is 1. The first-order valence-electron chi connectivity index (χ1n) is 9.63. The molecule has 0 aromatic carbocycles. The van der Waals surface area contributed by atoms with Crippen LogP contribution in [0.3, 0.4) is 0 Å². The molecule has 0 saturated carbocycles. The normalized spacial score (nSPS) is 19.0. The van der Waals surface area contributed by atoms with Gasteiger partial charge in [0.05, 0.1) is 12.0 Å². The molecule has 0 radical (unpaired) electrons. The van der Waals surface area contributed by atoms with Gasteiger partial charge in [-0.3, -0.25) is 4.79 Å². The summed E-state index contributed by atoms with van der Waals surface area (Å²) in [4.78, 5) is 23.6. The maximum atomic E-state index is 13.1. The van der Waals surface area contributed by atoms with E-state index in [4.69, 9.17) is 4.74 Å². The van der Waals surface area contributed by atoms with E-state index in [1.807, 2.05) is 31.7 Å². The molecule has 1 amide bonds. The van der Waals surface area contributed by atoms with E-state index in [1.165, 1.54) is 6.33 Å². The first-order chi connectivity index (χ1) is 12.9. The molecule has 0 bridgehead atoms. The van der Waals surface area contributed by atoms with Crippen LogP contribution in [-0.4, -0.2) is 63.2 Å². The van der Waals surface area contributed by atoms with Crippen molar-refractivity contribution in [3.05, 3.63) is 18.1 Å². The minimum absolute atomic E-state index is 0.148. The van der Waals surface area contributed by atoms with Gasteiger partial charge in [-0.15, -0.1) is 0 Å². The number of aryl methyl sites for hydroxylation is 1. The lowest BCUT2D eigenvalue weighted by atomic mass is 9.91. The first-order valence-corrected chi connectivity index (χ1v) is 9.63. The summed E-state index contributed by atoms with van der Waals surface area (Å²) in [7, 11) is 1.64. The standard InChI is InChI=1S/C19H30N6O2/c1-14-10-16(25-18(22-14)20-13-21-25)23-15-8-6-5-7-9-24(11-15)17(26)19(2,3)12-27-4/h10,13,15,23H,5-9,11-12H2,1-4H3. The average Bonchev–Trinajstić information content (AvgIpc) is 3.04. The number of aromatic nitrogens is 4. The average molecular weight is 374 g/mol. The number of fused-ring (bicyclic) bond motifs is 1. The fourth-order valence-electron chi connectivity index (χ4n) is 3.71. The zero-order valence-electron chi connectivity index (χ0n) is 16.7. The van der Waals surface area contributed by atoms with Gasteiger partial charge < -0.3 is 15.0 Å². The van der Waals surface area contributed by atoms with Gasteiger partial charge in [-0.1, -0.05) is 12.8 Å². The van der Waals surface area contributed by atoms with Gasteiger partial charge in [-0.05, 0) is 33.6 Å². The van der Waals surface area contributed by atoms with Crippen LogP contribution in [0.5, 0.6) is 0 Å². The van der Waals surface area contributed by atoms with Gasteiger partial charge in [0.2, 0.25) is 5.91 Å². The van der Waals surface area contributed by atoms with Gasteiger partial charge >= 0.3 is 0 Å². The highest BCUT2D eigenvalue weighted by atomic mass is 16.5. The zero-order chi connectivity index (χ0) is 19.4. The molecule has 0 spiro atoms. The summed E-state index contributed by atoms with van der Waals surface area (Å²) in [6.07, 6.45) is 5.83. The molecule has 148 valence electrons. The number of amides is 1. The number of nitrogens with one attached hydrogen (secondary N) is 1. The monoisotopic (exact) mass is 374 g/mol. The summed E-state index contributed by atoms with van der Waals surface area (Å²) in [5.41, 5.74) is 0.364. The molecule has 3 heterocycles. The van der Waals surface area contributed by atoms with E-state index in [1.54, 1.807) is 11.6 Å². The Morgan fingerprint density at radius 1 is 1.37 bits per heavy atom. The fraction of sp³-hybridized carbons (Fsp3) is 0.684. The molecule has 1 atom stereocenters. The SMILES string of the molecule is COCC(C)(C)C(=O)N1CCCCCC(Nc2cc(C)nc3ncnn23)C1. The summed E-state index contributed by atoms with van der Waals surface area (Å²) in [5.74, 6) is 1.59. The van der Waals surface area contributed by atoms with E-state index < -0.39 is 5.41 Å². The molecule has 2 aromatic heterocycles. The second-order valence-corrected chi connectivity index (χ2v) is 8.01. The van der Waals surface area contributed by atoms with Crippen molar-refractivity contribution in [1.82, 2.24) is 24.5 Å². The van der Waals surface area contributed by atoms with Crippen LogP contribution in [0.4, 0.5) is 5.82 Å². The smallest absolute Gasteiger partial charge is 0.254 e. The van der Waals surface area contributed by atoms with Crippen molar-refractivity contribution in [3.63, 3.8) is 0 Å². The predicted molar refractivity (Wildman–Crippen MR) is 104 cm³/mol. The maximum Gasteiger partial charge on any atom is 0.254 e. The number of hydrogen-bond donors (Lipinski definition) is 1. The molecule has 1 N–H and O–H groups in total. The Bertz CT molecular complexity index is 788. The van der Waals surface area contributed by atoms with Gasteiger partial charge in [-0.2, -0.15) is 14.6 Å². The third-order valence-electron chi connectivity index (χ3n) is 5.02. The lowest BCUT2D eigenvalue weighted by Gasteiger charge is -2.36. The van der Waals surface area contributed by atoms with Crippen LogP contribution in [0.15, 0.2) is 12.4 Å². The highest BCUT2D eigenvalue weighted by Gasteiger charge is 2.33. The lowest BCUT2D eigenvalue weighted by molar-refractivity contribution is -0.143. The van der Waals surface area contributed by atoms with Crippen molar-refractivity contribution >= 4 is 17.5 Å². The van der Waals surface area contributed by atoms with E-state index in [0.29, 0.717) is 18.9 Å². The molecule has 1 aliphatic rings. The van der Waals surface area contributed by atoms with Crippen LogP contribution in [0.1, 0.15) is 45.2 Å². The summed E-state index contributed by atoms with van der Waals surface area (Å²) in [5, 5.41) is 7.85. The molecule has 1 fully saturated rings. The summed E-state index contributed by atoms with van der Waals surface area (Å²) < 4.78 is 6.98. The van der Waals surface area contributed by atoms with Crippen LogP contribution in [0, 0.1) is 12.3 Å². The second kappa shape index (κ2) is 8.21. The lowest BCUT2D eigenvalue weighted by Crippen LogP contribution is -2.48. The third-order valence-corrected chi connectivity index (χ3v) is 5.02. The molecular formula is C19H30N6O2. The van der Waals surface area contributed by atoms with Crippen LogP contribution < -0.4 is 5.32 Å². The Balaban J connectivity index is 1.79. The van der Waals surface area contributed by atoms with E-state index >= 15 is 0 Å². The number of likely N-dealkylation sites (tertiary alicyclic amines) is 1. The number of nitrogens with zero attached hydrogens (tertiary/aromatic N) is 5. The minimum Gasteiger partial charge on any atom is -0.384 e. The molecule has 27 heavy (non-hydrogen) atoms. The number of rotatable bonds is 5. The highest BCUT2D eigenvalue weighted by molar-refractivity contribution is 5.82. The number of ether oxygens (including phenoxy) is 1. The van der Waals surface area contributed by atoms with Crippen molar-refractivity contribution in [2.75, 3.05) is 32.1 Å². The Hall–Kier alpha value is -2.22. The van der Waals surface area contributed by atoms with Gasteiger partial charge in [0.15, 0.2) is 0 Å². The predicted octanol–water partition coefficient (Wildman–Crippen LogP) is 2.29. The van der Waals surface area contributed by atoms with Crippen molar-refractivity contribution in [3.8, 4) is 0 Å². The zero-order valence-corrected chi connectivity index (χ0v) is 16.7. The fourth-order valence-corrected chi connectivity index (χ4v) is 3.71. The van der Waals surface area contributed by atoms with Gasteiger partial charge in [0.1, 0.15) is 12.1 Å². The maximum absolute atomic E-state index is 13.1. The van der Waals surface area contributed by atoms with Crippen molar-refractivity contribution in [2.45, 2.75) is 52.5 Å². The Labute approximate surface area is 160 Å². The minimum atomic E-state index is -0.523. The van der Waals surface area contributed by atoms with Crippen molar-refractivity contribution in [2.24, 2.45) is 5.41 Å². The summed E-state index contributed by atoms with van der Waals surface area (Å²) in [6.45, 7) is 7.73. The molecule has 1 saturated heterocycles. The number of carbonyl (C=O) groups excluding carboxylic acids is 1. The Kier molecular flexibility index (Phi) is 5.94. The van der Waals surface area contributed by atoms with Crippen molar-refractivity contribution in [1.29, 1.82) is 0 Å². The molecule has 8 nitrogen and oxygen atoms in total. The number of methoxy groups -OCH3 is 1. The third kappa shape index (κ3) is 4.55. The van der Waals surface area contributed by atoms with Crippen LogP contribution >= 0.6 is 0 Å². The van der Waals surface area contributed by atoms with Gasteiger partial charge in [-0.25, -0.2) is 4.98 Å². The Morgan fingerprint density at radius 3 is 2.96 bits per heavy atom. The first kappa shape index (κ1) is 19.5. The van der Waals surface area contributed by atoms with Crippen LogP contribution in [-0.2, 0) is 9.53 Å². The van der Waals surface area contributed by atoms with E-state index in [9.17, 15) is 4.79 Å². The van der Waals surface area contributed by atoms with Crippen LogP contribution in [0.25, 0.3) is 5.78 Å². The Morgan fingerprint density at radius 2 is 2.19 bits per heavy atom. The van der Waals surface area contributed by atoms with E-state index in [-0.39, 0.29) is 11.9 Å². The molecule has 1 unspecified atom stereocenters. The largest absolute Gasteiger partial charge is 0.384 e. The molecule has 0 aliphatic carbocycles. The molecule has 2 aromatic rings. The molecule has 1 aliphatic heterocycles. The molecule has 3 rings (SSSR count). The van der Waals surface area contributed by atoms with E-state index in [2.05, 4.69) is 20.4 Å². The number of hydrogen-bond acceptors (Lipinski definition) is 6. The summed E-state index contributed by atoms with van der Waals surface area (Å²) in [6, 6.07) is 2.13. The topological polar surface area (TPSA) is 84.6 Å². The van der Waals surface area contributed by atoms with Gasteiger partial charge in [0.25, 0.3) is 5.78 Å². The van der Waals surface area contributed by atoms with Crippen molar-refractivity contribution < 1.29 is 9.53 Å². The molecular weight excluding hydrogens is 344 g/mol. The van der Waals surface area contributed by atoms with Gasteiger partial charge in [0, 0.05) is 38.0 Å².